The first kappa shape index (κ1) is 17.0. The minimum atomic E-state index is -0.997. The quantitative estimate of drug-likeness (QED) is 0.912. The Morgan fingerprint density at radius 2 is 1.84 bits per heavy atom. The van der Waals surface area contributed by atoms with Gasteiger partial charge in [0.2, 0.25) is 5.91 Å². The molecule has 128 valence electrons. The van der Waals surface area contributed by atoms with Gasteiger partial charge in [-0.05, 0) is 43.0 Å². The number of rotatable bonds is 5. The van der Waals surface area contributed by atoms with Crippen LogP contribution in [0.3, 0.4) is 0 Å². The molecule has 0 saturated carbocycles. The Morgan fingerprint density at radius 3 is 2.56 bits per heavy atom. The predicted molar refractivity (Wildman–Crippen MR) is 98.9 cm³/mol. The summed E-state index contributed by atoms with van der Waals surface area (Å²) in [4.78, 5) is 14.3. The van der Waals surface area contributed by atoms with Crippen molar-refractivity contribution in [3.05, 3.63) is 65.2 Å². The monoisotopic (exact) mass is 333 g/mol. The van der Waals surface area contributed by atoms with Crippen molar-refractivity contribution in [3.8, 4) is 6.07 Å². The molecule has 0 spiro atoms. The maximum atomic E-state index is 11.9. The van der Waals surface area contributed by atoms with Crippen LogP contribution in [-0.4, -0.2) is 12.5 Å². The largest absolute Gasteiger partial charge is 0.367 e. The van der Waals surface area contributed by atoms with Gasteiger partial charge < -0.3 is 10.2 Å². The van der Waals surface area contributed by atoms with Crippen molar-refractivity contribution in [2.45, 2.75) is 33.4 Å². The molecule has 1 aliphatic rings. The standard InChI is InChI=1S/C21H23N3O/c1-21(2,15-22)20(25)23-13-16-7-9-17(10-8-16)14-24-12-11-18-5-3-4-6-19(18)24/h3-10H,11-14H2,1-2H3,(H,23,25). The minimum Gasteiger partial charge on any atom is -0.367 e. The first-order chi connectivity index (χ1) is 12.0. The van der Waals surface area contributed by atoms with Crippen LogP contribution in [0.2, 0.25) is 0 Å². The summed E-state index contributed by atoms with van der Waals surface area (Å²) in [6, 6.07) is 18.9. The van der Waals surface area contributed by atoms with Gasteiger partial charge in [0.05, 0.1) is 6.07 Å². The molecule has 0 fully saturated rings. The number of hydrogen-bond acceptors (Lipinski definition) is 3. The molecule has 1 N–H and O–H groups in total. The van der Waals surface area contributed by atoms with Gasteiger partial charge >= 0.3 is 0 Å². The lowest BCUT2D eigenvalue weighted by molar-refractivity contribution is -0.126. The number of amides is 1. The molecule has 0 aromatic heterocycles. The maximum Gasteiger partial charge on any atom is 0.240 e. The molecule has 0 atom stereocenters. The van der Waals surface area contributed by atoms with Gasteiger partial charge in [0, 0.05) is 25.3 Å². The van der Waals surface area contributed by atoms with E-state index in [1.807, 2.05) is 18.2 Å². The average molecular weight is 333 g/mol. The van der Waals surface area contributed by atoms with E-state index in [4.69, 9.17) is 5.26 Å². The number of hydrogen-bond donors (Lipinski definition) is 1. The van der Waals surface area contributed by atoms with Crippen LogP contribution in [-0.2, 0) is 24.3 Å². The number of nitrogens with zero attached hydrogens (tertiary/aromatic N) is 2. The number of fused-ring (bicyclic) bond motifs is 1. The molecule has 0 bridgehead atoms. The van der Waals surface area contributed by atoms with Gasteiger partial charge in [-0.1, -0.05) is 42.5 Å². The van der Waals surface area contributed by atoms with E-state index in [1.165, 1.54) is 16.8 Å². The van der Waals surface area contributed by atoms with Crippen molar-refractivity contribution in [3.63, 3.8) is 0 Å². The summed E-state index contributed by atoms with van der Waals surface area (Å²) in [7, 11) is 0. The first-order valence-electron chi connectivity index (χ1n) is 8.60. The Labute approximate surface area is 149 Å². The molecule has 0 unspecified atom stereocenters. The summed E-state index contributed by atoms with van der Waals surface area (Å²) in [5, 5.41) is 11.8. The summed E-state index contributed by atoms with van der Waals surface area (Å²) in [6.07, 6.45) is 1.11. The molecule has 0 aliphatic carbocycles. The maximum absolute atomic E-state index is 11.9. The van der Waals surface area contributed by atoms with Crippen molar-refractivity contribution in [2.75, 3.05) is 11.4 Å². The predicted octanol–water partition coefficient (Wildman–Crippen LogP) is 3.42. The van der Waals surface area contributed by atoms with E-state index in [2.05, 4.69) is 46.6 Å². The van der Waals surface area contributed by atoms with Crippen LogP contribution >= 0.6 is 0 Å². The molecule has 0 saturated heterocycles. The van der Waals surface area contributed by atoms with Crippen LogP contribution in [0, 0.1) is 16.7 Å². The van der Waals surface area contributed by atoms with Gasteiger partial charge in [-0.2, -0.15) is 5.26 Å². The van der Waals surface area contributed by atoms with Gasteiger partial charge in [0.25, 0.3) is 0 Å². The highest BCUT2D eigenvalue weighted by molar-refractivity contribution is 5.84. The van der Waals surface area contributed by atoms with E-state index in [-0.39, 0.29) is 5.91 Å². The fraction of sp³-hybridized carbons (Fsp3) is 0.333. The number of nitrogens with one attached hydrogen (secondary N) is 1. The minimum absolute atomic E-state index is 0.243. The van der Waals surface area contributed by atoms with Crippen molar-refractivity contribution < 1.29 is 4.79 Å². The van der Waals surface area contributed by atoms with E-state index in [0.717, 1.165) is 25.1 Å². The Morgan fingerprint density at radius 1 is 1.16 bits per heavy atom. The second-order valence-corrected chi connectivity index (χ2v) is 7.04. The summed E-state index contributed by atoms with van der Waals surface area (Å²) >= 11 is 0. The van der Waals surface area contributed by atoms with E-state index >= 15 is 0 Å². The lowest BCUT2D eigenvalue weighted by Gasteiger charge is -2.19. The normalized spacial score (nSPS) is 13.2. The van der Waals surface area contributed by atoms with E-state index in [1.54, 1.807) is 13.8 Å². The molecule has 4 nitrogen and oxygen atoms in total. The summed E-state index contributed by atoms with van der Waals surface area (Å²) < 4.78 is 0. The summed E-state index contributed by atoms with van der Waals surface area (Å²) in [5.74, 6) is -0.243. The SMILES string of the molecule is CC(C)(C#N)C(=O)NCc1ccc(CN2CCc3ccccc32)cc1. The lowest BCUT2D eigenvalue weighted by atomic mass is 9.94. The summed E-state index contributed by atoms with van der Waals surface area (Å²) in [6.45, 7) is 5.64. The van der Waals surface area contributed by atoms with Gasteiger partial charge in [0.15, 0.2) is 0 Å². The molecule has 0 radical (unpaired) electrons. The third-order valence-corrected chi connectivity index (χ3v) is 4.68. The van der Waals surface area contributed by atoms with E-state index in [9.17, 15) is 4.79 Å². The van der Waals surface area contributed by atoms with E-state index in [0.29, 0.717) is 6.54 Å². The smallest absolute Gasteiger partial charge is 0.240 e. The van der Waals surface area contributed by atoms with Crippen LogP contribution in [0.4, 0.5) is 5.69 Å². The zero-order valence-electron chi connectivity index (χ0n) is 14.7. The van der Waals surface area contributed by atoms with Crippen molar-refractivity contribution in [2.24, 2.45) is 5.41 Å². The molecule has 2 aromatic rings. The fourth-order valence-electron chi connectivity index (χ4n) is 3.01. The number of anilines is 1. The van der Waals surface area contributed by atoms with Crippen LogP contribution in [0.15, 0.2) is 48.5 Å². The second kappa shape index (κ2) is 6.98. The summed E-state index contributed by atoms with van der Waals surface area (Å²) in [5.41, 5.74) is 4.04. The number of para-hydroxylation sites is 1. The molecule has 1 aliphatic heterocycles. The van der Waals surface area contributed by atoms with Crippen LogP contribution in [0.25, 0.3) is 0 Å². The molecule has 2 aromatic carbocycles. The number of benzene rings is 2. The van der Waals surface area contributed by atoms with Crippen molar-refractivity contribution in [1.82, 2.24) is 5.32 Å². The third-order valence-electron chi connectivity index (χ3n) is 4.68. The Balaban J connectivity index is 1.58. The van der Waals surface area contributed by atoms with Crippen LogP contribution < -0.4 is 10.2 Å². The zero-order valence-corrected chi connectivity index (χ0v) is 14.7. The van der Waals surface area contributed by atoms with Gasteiger partial charge in [-0.15, -0.1) is 0 Å². The number of nitriles is 1. The molecule has 25 heavy (non-hydrogen) atoms. The van der Waals surface area contributed by atoms with Gasteiger partial charge in [-0.25, -0.2) is 0 Å². The molecule has 1 amide bonds. The molecule has 4 heteroatoms. The number of carbonyl (C=O) groups is 1. The van der Waals surface area contributed by atoms with Crippen LogP contribution in [0.1, 0.15) is 30.5 Å². The third kappa shape index (κ3) is 3.83. The van der Waals surface area contributed by atoms with E-state index < -0.39 is 5.41 Å². The average Bonchev–Trinajstić information content (AvgIpc) is 3.04. The zero-order chi connectivity index (χ0) is 17.9. The van der Waals surface area contributed by atoms with Gasteiger partial charge in [-0.3, -0.25) is 4.79 Å². The lowest BCUT2D eigenvalue weighted by Crippen LogP contribution is -2.35. The Hall–Kier alpha value is -2.80. The highest BCUT2D eigenvalue weighted by Crippen LogP contribution is 2.28. The topological polar surface area (TPSA) is 56.1 Å². The van der Waals surface area contributed by atoms with Crippen molar-refractivity contribution in [1.29, 1.82) is 5.26 Å². The highest BCUT2D eigenvalue weighted by atomic mass is 16.2. The number of carbonyl (C=O) groups excluding carboxylic acids is 1. The molecule has 1 heterocycles. The van der Waals surface area contributed by atoms with Gasteiger partial charge in [0.1, 0.15) is 5.41 Å². The molecular formula is C21H23N3O. The Kier molecular flexibility index (Phi) is 4.76. The Bertz CT molecular complexity index is 803. The molecular weight excluding hydrogens is 310 g/mol. The molecule has 3 rings (SSSR count). The van der Waals surface area contributed by atoms with Crippen molar-refractivity contribution >= 4 is 11.6 Å². The van der Waals surface area contributed by atoms with Crippen LogP contribution in [0.5, 0.6) is 0 Å². The highest BCUT2D eigenvalue weighted by Gasteiger charge is 2.26. The second-order valence-electron chi connectivity index (χ2n) is 7.04. The first-order valence-corrected chi connectivity index (χ1v) is 8.60. The fourth-order valence-corrected chi connectivity index (χ4v) is 3.01.